The van der Waals surface area contributed by atoms with E-state index in [4.69, 9.17) is 21.4 Å². The first-order valence-corrected chi connectivity index (χ1v) is 11.6. The fourth-order valence-electron chi connectivity index (χ4n) is 3.69. The molecule has 33 heavy (non-hydrogen) atoms. The van der Waals surface area contributed by atoms with E-state index in [9.17, 15) is 9.59 Å². The summed E-state index contributed by atoms with van der Waals surface area (Å²) in [4.78, 5) is 31.0. The molecule has 0 aliphatic carbocycles. The quantitative estimate of drug-likeness (QED) is 0.405. The van der Waals surface area contributed by atoms with Gasteiger partial charge in [-0.1, -0.05) is 17.7 Å². The average molecular weight is 486 g/mol. The summed E-state index contributed by atoms with van der Waals surface area (Å²) in [5.41, 5.74) is 4.59. The van der Waals surface area contributed by atoms with Crippen LogP contribution >= 0.6 is 22.9 Å². The van der Waals surface area contributed by atoms with Gasteiger partial charge in [-0.3, -0.25) is 14.0 Å². The predicted octanol–water partition coefficient (Wildman–Crippen LogP) is 3.49. The molecule has 0 aliphatic heterocycles. The maximum Gasteiger partial charge on any atom is 0.268 e. The average Bonchev–Trinajstić information content (AvgIpc) is 3.33. The summed E-state index contributed by atoms with van der Waals surface area (Å²) in [6.07, 6.45) is 0.0724. The number of benzene rings is 1. The second-order valence-corrected chi connectivity index (χ2v) is 9.03. The van der Waals surface area contributed by atoms with E-state index < -0.39 is 0 Å². The van der Waals surface area contributed by atoms with Gasteiger partial charge in [0.1, 0.15) is 5.69 Å². The minimum Gasteiger partial charge on any atom is -0.383 e. The van der Waals surface area contributed by atoms with Crippen molar-refractivity contribution in [3.05, 3.63) is 67.7 Å². The zero-order valence-corrected chi connectivity index (χ0v) is 20.4. The molecule has 0 saturated carbocycles. The molecular formula is C23H24ClN5O3S. The van der Waals surface area contributed by atoms with Gasteiger partial charge in [0.25, 0.3) is 5.56 Å². The number of nitrogens with one attached hydrogen (secondary N) is 1. The third-order valence-electron chi connectivity index (χ3n) is 5.33. The number of hydrogen-bond acceptors (Lipinski definition) is 6. The van der Waals surface area contributed by atoms with Crippen LogP contribution in [0.25, 0.3) is 21.9 Å². The Balaban J connectivity index is 1.77. The summed E-state index contributed by atoms with van der Waals surface area (Å²) >= 11 is 7.53. The second kappa shape index (κ2) is 9.46. The Morgan fingerprint density at radius 3 is 2.79 bits per heavy atom. The number of fused-ring (bicyclic) bond motifs is 1. The highest BCUT2D eigenvalue weighted by atomic mass is 35.5. The third-order valence-corrected chi connectivity index (χ3v) is 6.44. The molecule has 1 aromatic carbocycles. The summed E-state index contributed by atoms with van der Waals surface area (Å²) in [6.45, 7) is 6.54. The van der Waals surface area contributed by atoms with Crippen molar-refractivity contribution in [2.45, 2.75) is 27.2 Å². The molecule has 0 saturated heterocycles. The first-order chi connectivity index (χ1) is 15.8. The highest BCUT2D eigenvalue weighted by Gasteiger charge is 2.20. The van der Waals surface area contributed by atoms with Crippen molar-refractivity contribution in [3.63, 3.8) is 0 Å². The summed E-state index contributed by atoms with van der Waals surface area (Å²) < 4.78 is 8.24. The molecule has 3 heterocycles. The Labute approximate surface area is 199 Å². The number of ether oxygens (including phenoxy) is 1. The molecule has 0 unspecified atom stereocenters. The molecule has 4 rings (SSSR count). The molecular weight excluding hydrogens is 462 g/mol. The lowest BCUT2D eigenvalue weighted by Gasteiger charge is -2.09. The molecule has 0 radical (unpaired) electrons. The van der Waals surface area contributed by atoms with Crippen molar-refractivity contribution in [2.75, 3.05) is 20.3 Å². The maximum atomic E-state index is 13.6. The van der Waals surface area contributed by atoms with Gasteiger partial charge in [0.05, 0.1) is 30.0 Å². The Morgan fingerprint density at radius 2 is 2.03 bits per heavy atom. The number of aryl methyl sites for hydroxylation is 3. The van der Waals surface area contributed by atoms with E-state index in [1.165, 1.54) is 15.7 Å². The normalized spacial score (nSPS) is 11.3. The summed E-state index contributed by atoms with van der Waals surface area (Å²) in [5.74, 6) is -0.183. The van der Waals surface area contributed by atoms with Gasteiger partial charge in [0, 0.05) is 35.4 Å². The van der Waals surface area contributed by atoms with Gasteiger partial charge in [-0.2, -0.15) is 5.10 Å². The minimum atomic E-state index is -0.245. The number of methoxy groups -OCH3 is 1. The van der Waals surface area contributed by atoms with Crippen LogP contribution < -0.4 is 10.9 Å². The Kier molecular flexibility index (Phi) is 6.64. The Morgan fingerprint density at radius 1 is 1.24 bits per heavy atom. The zero-order valence-electron chi connectivity index (χ0n) is 18.8. The number of halogens is 1. The lowest BCUT2D eigenvalue weighted by atomic mass is 10.1. The standard InChI is InChI=1S/C23H24ClN5O3S/c1-13-5-6-16(24)10-19(13)29-14(2)9-18(27-29)21-15(3)26-23-28(22(21)31)17(12-33-23)11-20(30)25-7-8-32-4/h5-6,9-10,12H,7-8,11H2,1-4H3,(H,25,30). The van der Waals surface area contributed by atoms with Crippen LogP contribution in [0.1, 0.15) is 22.6 Å². The molecule has 0 bridgehead atoms. The van der Waals surface area contributed by atoms with Crippen molar-refractivity contribution >= 4 is 33.8 Å². The molecule has 4 aromatic rings. The van der Waals surface area contributed by atoms with E-state index in [0.717, 1.165) is 16.9 Å². The molecule has 8 nitrogen and oxygen atoms in total. The van der Waals surface area contributed by atoms with Crippen LogP contribution in [0.5, 0.6) is 0 Å². The highest BCUT2D eigenvalue weighted by molar-refractivity contribution is 7.15. The first kappa shape index (κ1) is 23.2. The largest absolute Gasteiger partial charge is 0.383 e. The summed E-state index contributed by atoms with van der Waals surface area (Å²) in [6, 6.07) is 7.47. The van der Waals surface area contributed by atoms with Crippen LogP contribution in [0.4, 0.5) is 0 Å². The highest BCUT2D eigenvalue weighted by Crippen LogP contribution is 2.26. The molecule has 172 valence electrons. The van der Waals surface area contributed by atoms with Crippen molar-refractivity contribution < 1.29 is 9.53 Å². The zero-order chi connectivity index (χ0) is 23.7. The smallest absolute Gasteiger partial charge is 0.268 e. The maximum absolute atomic E-state index is 13.6. The lowest BCUT2D eigenvalue weighted by molar-refractivity contribution is -0.120. The number of aromatic nitrogens is 4. The van der Waals surface area contributed by atoms with Crippen LogP contribution in [0.3, 0.4) is 0 Å². The number of rotatable bonds is 7. The first-order valence-electron chi connectivity index (χ1n) is 10.4. The fraction of sp³-hybridized carbons (Fsp3) is 0.304. The van der Waals surface area contributed by atoms with Crippen LogP contribution in [-0.2, 0) is 16.0 Å². The number of hydrogen-bond donors (Lipinski definition) is 1. The third kappa shape index (κ3) is 4.57. The van der Waals surface area contributed by atoms with Gasteiger partial charge in [-0.05, 0) is 44.5 Å². The van der Waals surface area contributed by atoms with Gasteiger partial charge in [-0.25, -0.2) is 9.67 Å². The van der Waals surface area contributed by atoms with Gasteiger partial charge in [-0.15, -0.1) is 11.3 Å². The van der Waals surface area contributed by atoms with E-state index in [-0.39, 0.29) is 17.9 Å². The summed E-state index contributed by atoms with van der Waals surface area (Å²) in [7, 11) is 1.57. The number of amides is 1. The molecule has 0 atom stereocenters. The number of nitrogens with zero attached hydrogens (tertiary/aromatic N) is 4. The molecule has 0 aliphatic rings. The Hall–Kier alpha value is -3.01. The van der Waals surface area contributed by atoms with E-state index in [2.05, 4.69) is 10.3 Å². The van der Waals surface area contributed by atoms with E-state index in [1.807, 2.05) is 38.1 Å². The van der Waals surface area contributed by atoms with Crippen LogP contribution in [0.2, 0.25) is 5.02 Å². The molecule has 3 aromatic heterocycles. The van der Waals surface area contributed by atoms with Gasteiger partial charge < -0.3 is 10.1 Å². The van der Waals surface area contributed by atoms with E-state index in [0.29, 0.717) is 45.8 Å². The SMILES string of the molecule is COCCNC(=O)Cc1csc2nc(C)c(-c3cc(C)n(-c4cc(Cl)ccc4C)n3)c(=O)n12. The van der Waals surface area contributed by atoms with Crippen molar-refractivity contribution in [2.24, 2.45) is 0 Å². The summed E-state index contributed by atoms with van der Waals surface area (Å²) in [5, 5.41) is 9.90. The van der Waals surface area contributed by atoms with Crippen molar-refractivity contribution in [1.82, 2.24) is 24.5 Å². The Bertz CT molecular complexity index is 1410. The van der Waals surface area contributed by atoms with E-state index >= 15 is 0 Å². The number of thiazole rings is 1. The van der Waals surface area contributed by atoms with Gasteiger partial charge in [0.15, 0.2) is 4.96 Å². The van der Waals surface area contributed by atoms with Crippen molar-refractivity contribution in [1.29, 1.82) is 0 Å². The molecule has 1 N–H and O–H groups in total. The topological polar surface area (TPSA) is 90.5 Å². The van der Waals surface area contributed by atoms with Crippen LogP contribution in [-0.4, -0.2) is 45.3 Å². The fourth-order valence-corrected chi connectivity index (χ4v) is 4.79. The minimum absolute atomic E-state index is 0.0724. The molecule has 10 heteroatoms. The molecule has 0 fully saturated rings. The van der Waals surface area contributed by atoms with Gasteiger partial charge >= 0.3 is 0 Å². The van der Waals surface area contributed by atoms with Gasteiger partial charge in [0.2, 0.25) is 5.91 Å². The second-order valence-electron chi connectivity index (χ2n) is 7.76. The molecule has 1 amide bonds. The monoisotopic (exact) mass is 485 g/mol. The number of carbonyl (C=O) groups excluding carboxylic acids is 1. The van der Waals surface area contributed by atoms with Crippen LogP contribution in [0, 0.1) is 20.8 Å². The van der Waals surface area contributed by atoms with Crippen molar-refractivity contribution in [3.8, 4) is 16.9 Å². The number of carbonyl (C=O) groups is 1. The van der Waals surface area contributed by atoms with Crippen LogP contribution in [0.15, 0.2) is 34.4 Å². The lowest BCUT2D eigenvalue weighted by Crippen LogP contribution is -2.30. The predicted molar refractivity (Wildman–Crippen MR) is 130 cm³/mol. The van der Waals surface area contributed by atoms with E-state index in [1.54, 1.807) is 24.1 Å². The molecule has 0 spiro atoms.